The van der Waals surface area contributed by atoms with Crippen LogP contribution in [0.4, 0.5) is 0 Å². The molecule has 0 aromatic heterocycles. The highest BCUT2D eigenvalue weighted by Gasteiger charge is 2.28. The van der Waals surface area contributed by atoms with Gasteiger partial charge in [0.05, 0.1) is 0 Å². The molecule has 0 bridgehead atoms. The van der Waals surface area contributed by atoms with E-state index in [0.29, 0.717) is 6.04 Å². The Morgan fingerprint density at radius 3 is 2.83 bits per heavy atom. The Morgan fingerprint density at radius 2 is 2.17 bits per heavy atom. The Balaban J connectivity index is 2.24. The maximum Gasteiger partial charge on any atom is 0.0410 e. The van der Waals surface area contributed by atoms with Crippen molar-refractivity contribution in [3.8, 4) is 0 Å². The fraction of sp³-hybridized carbons (Fsp3) is 0.600. The molecular weight excluding hydrogens is 357 g/mol. The summed E-state index contributed by atoms with van der Waals surface area (Å²) in [7, 11) is 2.07. The smallest absolute Gasteiger partial charge is 0.0410 e. The molecule has 1 saturated carbocycles. The van der Waals surface area contributed by atoms with Crippen molar-refractivity contribution < 1.29 is 0 Å². The molecule has 18 heavy (non-hydrogen) atoms. The Kier molecular flexibility index (Phi) is 5.34. The van der Waals surface area contributed by atoms with Crippen molar-refractivity contribution in [1.82, 2.24) is 5.32 Å². The van der Waals surface area contributed by atoms with Crippen LogP contribution >= 0.6 is 34.2 Å². The maximum atomic E-state index is 6.15. The number of hydrogen-bond donors (Lipinski definition) is 1. The van der Waals surface area contributed by atoms with E-state index in [1.807, 2.05) is 6.07 Å². The molecule has 1 aromatic rings. The molecule has 1 aliphatic rings. The van der Waals surface area contributed by atoms with Gasteiger partial charge < -0.3 is 5.32 Å². The van der Waals surface area contributed by atoms with Gasteiger partial charge in [0.25, 0.3) is 0 Å². The van der Waals surface area contributed by atoms with Crippen molar-refractivity contribution in [2.45, 2.75) is 38.6 Å². The molecule has 0 spiro atoms. The molecule has 3 atom stereocenters. The van der Waals surface area contributed by atoms with Crippen LogP contribution in [0.25, 0.3) is 0 Å². The van der Waals surface area contributed by atoms with E-state index in [0.717, 1.165) is 16.9 Å². The van der Waals surface area contributed by atoms with E-state index >= 15 is 0 Å². The van der Waals surface area contributed by atoms with Gasteiger partial charge in [-0.25, -0.2) is 0 Å². The molecule has 0 saturated heterocycles. The second kappa shape index (κ2) is 6.58. The molecule has 3 unspecified atom stereocenters. The van der Waals surface area contributed by atoms with Crippen molar-refractivity contribution >= 4 is 34.2 Å². The standard InChI is InChI=1S/C15H21ClIN/c1-10-4-3-5-11(8-10)15(18-2)13-9-12(16)6-7-14(13)17/h6-7,9-11,15,18H,3-5,8H2,1-2H3. The van der Waals surface area contributed by atoms with Crippen molar-refractivity contribution in [1.29, 1.82) is 0 Å². The summed E-state index contributed by atoms with van der Waals surface area (Å²) in [5.74, 6) is 1.60. The minimum Gasteiger partial charge on any atom is -0.313 e. The van der Waals surface area contributed by atoms with Gasteiger partial charge in [-0.1, -0.05) is 31.4 Å². The Morgan fingerprint density at radius 1 is 1.39 bits per heavy atom. The lowest BCUT2D eigenvalue weighted by molar-refractivity contribution is 0.229. The largest absolute Gasteiger partial charge is 0.313 e. The third kappa shape index (κ3) is 3.40. The third-order valence-corrected chi connectivity index (χ3v) is 5.27. The SMILES string of the molecule is CNC(c1cc(Cl)ccc1I)C1CCCC(C)C1. The Hall–Kier alpha value is 0.200. The van der Waals surface area contributed by atoms with E-state index in [4.69, 9.17) is 11.6 Å². The van der Waals surface area contributed by atoms with E-state index < -0.39 is 0 Å². The van der Waals surface area contributed by atoms with Crippen LogP contribution in [0, 0.1) is 15.4 Å². The van der Waals surface area contributed by atoms with Crippen LogP contribution in [0.1, 0.15) is 44.2 Å². The molecule has 2 rings (SSSR count). The van der Waals surface area contributed by atoms with Crippen LogP contribution in [-0.4, -0.2) is 7.05 Å². The minimum absolute atomic E-state index is 0.443. The first kappa shape index (κ1) is 14.6. The number of benzene rings is 1. The molecule has 1 fully saturated rings. The van der Waals surface area contributed by atoms with Gasteiger partial charge in [-0.3, -0.25) is 0 Å². The van der Waals surface area contributed by atoms with Gasteiger partial charge in [0, 0.05) is 14.6 Å². The highest BCUT2D eigenvalue weighted by molar-refractivity contribution is 14.1. The highest BCUT2D eigenvalue weighted by Crippen LogP contribution is 2.38. The molecule has 0 aliphatic heterocycles. The quantitative estimate of drug-likeness (QED) is 0.728. The summed E-state index contributed by atoms with van der Waals surface area (Å²) in [5.41, 5.74) is 1.37. The van der Waals surface area contributed by atoms with E-state index in [1.54, 1.807) is 0 Å². The zero-order valence-electron chi connectivity index (χ0n) is 11.0. The van der Waals surface area contributed by atoms with Crippen LogP contribution < -0.4 is 5.32 Å². The Labute approximate surface area is 129 Å². The van der Waals surface area contributed by atoms with Crippen LogP contribution in [0.2, 0.25) is 5.02 Å². The third-order valence-electron chi connectivity index (χ3n) is 4.05. The van der Waals surface area contributed by atoms with Crippen LogP contribution in [0.3, 0.4) is 0 Å². The van der Waals surface area contributed by atoms with E-state index in [-0.39, 0.29) is 0 Å². The predicted octanol–water partition coefficient (Wildman–Crippen LogP) is 5.03. The molecule has 0 heterocycles. The van der Waals surface area contributed by atoms with Gasteiger partial charge in [-0.15, -0.1) is 0 Å². The molecule has 1 nitrogen and oxygen atoms in total. The lowest BCUT2D eigenvalue weighted by Crippen LogP contribution is -2.29. The monoisotopic (exact) mass is 377 g/mol. The van der Waals surface area contributed by atoms with E-state index in [2.05, 4.69) is 54.0 Å². The summed E-state index contributed by atoms with van der Waals surface area (Å²) in [6, 6.07) is 6.67. The van der Waals surface area contributed by atoms with Crippen LogP contribution in [0.5, 0.6) is 0 Å². The van der Waals surface area contributed by atoms with Gasteiger partial charge in [0.1, 0.15) is 0 Å². The van der Waals surface area contributed by atoms with Gasteiger partial charge in [-0.2, -0.15) is 0 Å². The fourth-order valence-corrected chi connectivity index (χ4v) is 4.03. The normalized spacial score (nSPS) is 26.0. The van der Waals surface area contributed by atoms with Gasteiger partial charge in [0.2, 0.25) is 0 Å². The van der Waals surface area contributed by atoms with Crippen LogP contribution in [-0.2, 0) is 0 Å². The first-order valence-corrected chi connectivity index (χ1v) is 8.19. The summed E-state index contributed by atoms with van der Waals surface area (Å²) >= 11 is 8.57. The molecule has 0 amide bonds. The second-order valence-electron chi connectivity index (χ2n) is 5.46. The summed E-state index contributed by atoms with van der Waals surface area (Å²) in [4.78, 5) is 0. The van der Waals surface area contributed by atoms with Crippen LogP contribution in [0.15, 0.2) is 18.2 Å². The maximum absolute atomic E-state index is 6.15. The highest BCUT2D eigenvalue weighted by atomic mass is 127. The second-order valence-corrected chi connectivity index (χ2v) is 7.06. The molecule has 1 aliphatic carbocycles. The molecule has 3 heteroatoms. The first-order valence-electron chi connectivity index (χ1n) is 6.74. The predicted molar refractivity (Wildman–Crippen MR) is 87.1 cm³/mol. The summed E-state index contributed by atoms with van der Waals surface area (Å²) in [5, 5.41) is 4.36. The zero-order valence-corrected chi connectivity index (χ0v) is 14.0. The van der Waals surface area contributed by atoms with E-state index in [1.165, 1.54) is 34.8 Å². The molecule has 1 aromatic carbocycles. The average molecular weight is 378 g/mol. The summed E-state index contributed by atoms with van der Waals surface area (Å²) in [6.45, 7) is 2.38. The lowest BCUT2D eigenvalue weighted by Gasteiger charge is -2.34. The molecule has 1 N–H and O–H groups in total. The van der Waals surface area contributed by atoms with E-state index in [9.17, 15) is 0 Å². The summed E-state index contributed by atoms with van der Waals surface area (Å²) in [6.07, 6.45) is 5.41. The van der Waals surface area contributed by atoms with Crippen molar-refractivity contribution in [3.05, 3.63) is 32.4 Å². The number of nitrogens with one attached hydrogen (secondary N) is 1. The number of hydrogen-bond acceptors (Lipinski definition) is 1. The minimum atomic E-state index is 0.443. The molecular formula is C15H21ClIN. The lowest BCUT2D eigenvalue weighted by atomic mass is 9.77. The van der Waals surface area contributed by atoms with Crippen molar-refractivity contribution in [2.24, 2.45) is 11.8 Å². The molecule has 0 radical (unpaired) electrons. The topological polar surface area (TPSA) is 12.0 Å². The number of rotatable bonds is 3. The molecule has 100 valence electrons. The average Bonchev–Trinajstić information content (AvgIpc) is 2.35. The van der Waals surface area contributed by atoms with Crippen molar-refractivity contribution in [2.75, 3.05) is 7.05 Å². The summed E-state index contributed by atoms with van der Waals surface area (Å²) < 4.78 is 1.31. The Bertz CT molecular complexity index is 407. The van der Waals surface area contributed by atoms with Crippen molar-refractivity contribution in [3.63, 3.8) is 0 Å². The van der Waals surface area contributed by atoms with Gasteiger partial charge in [-0.05, 0) is 78.1 Å². The van der Waals surface area contributed by atoms with Gasteiger partial charge >= 0.3 is 0 Å². The van der Waals surface area contributed by atoms with Gasteiger partial charge in [0.15, 0.2) is 0 Å². The fourth-order valence-electron chi connectivity index (χ4n) is 3.18. The first-order chi connectivity index (χ1) is 8.61. The number of halogens is 2. The zero-order chi connectivity index (χ0) is 13.1.